The highest BCUT2D eigenvalue weighted by Crippen LogP contribution is 2.25. The number of nitrogens with one attached hydrogen (secondary N) is 1. The Balaban J connectivity index is 2.06. The molecule has 150 valence electrons. The van der Waals surface area contributed by atoms with Crippen molar-refractivity contribution in [3.05, 3.63) is 39.9 Å². The number of nitro groups is 1. The van der Waals surface area contributed by atoms with Crippen LogP contribution in [0, 0.1) is 10.1 Å². The van der Waals surface area contributed by atoms with Crippen LogP contribution >= 0.6 is 0 Å². The van der Waals surface area contributed by atoms with Crippen LogP contribution in [0.15, 0.2) is 29.3 Å². The molecule has 0 radical (unpaired) electrons. The molecule has 0 aliphatic carbocycles. The topological polar surface area (TPSA) is 74.0 Å². The van der Waals surface area contributed by atoms with Gasteiger partial charge in [0, 0.05) is 38.8 Å². The Hall–Kier alpha value is -2.36. The summed E-state index contributed by atoms with van der Waals surface area (Å²) in [6.45, 7) is 5.14. The molecule has 7 nitrogen and oxygen atoms in total. The van der Waals surface area contributed by atoms with Gasteiger partial charge in [0.1, 0.15) is 6.04 Å². The van der Waals surface area contributed by atoms with E-state index in [0.29, 0.717) is 31.2 Å². The Labute approximate surface area is 156 Å². The number of halogens is 3. The van der Waals surface area contributed by atoms with Gasteiger partial charge in [-0.3, -0.25) is 15.0 Å². The smallest absolute Gasteiger partial charge is 0.357 e. The molecule has 1 aromatic rings. The summed E-state index contributed by atoms with van der Waals surface area (Å²) in [5, 5.41) is 14.2. The van der Waals surface area contributed by atoms with Crippen LogP contribution in [0.3, 0.4) is 0 Å². The van der Waals surface area contributed by atoms with Crippen molar-refractivity contribution in [1.82, 2.24) is 15.1 Å². The molecule has 1 N–H and O–H groups in total. The van der Waals surface area contributed by atoms with E-state index in [1.807, 2.05) is 11.8 Å². The summed E-state index contributed by atoms with van der Waals surface area (Å²) < 4.78 is 38.6. The Morgan fingerprint density at radius 1 is 1.30 bits per heavy atom. The van der Waals surface area contributed by atoms with Crippen LogP contribution in [0.1, 0.15) is 19.4 Å². The second-order valence-corrected chi connectivity index (χ2v) is 6.30. The molecule has 1 aromatic carbocycles. The van der Waals surface area contributed by atoms with Gasteiger partial charge in [-0.05, 0) is 13.8 Å². The van der Waals surface area contributed by atoms with Crippen LogP contribution in [-0.2, 0) is 6.54 Å². The Kier molecular flexibility index (Phi) is 7.00. The fourth-order valence-corrected chi connectivity index (χ4v) is 2.94. The molecule has 27 heavy (non-hydrogen) atoms. The van der Waals surface area contributed by atoms with Crippen LogP contribution < -0.4 is 5.32 Å². The highest BCUT2D eigenvalue weighted by atomic mass is 19.4. The first-order valence-corrected chi connectivity index (χ1v) is 8.80. The van der Waals surface area contributed by atoms with E-state index in [0.717, 1.165) is 0 Å². The highest BCUT2D eigenvalue weighted by molar-refractivity contribution is 5.80. The lowest BCUT2D eigenvalue weighted by Gasteiger charge is -2.39. The summed E-state index contributed by atoms with van der Waals surface area (Å²) in [5.74, 6) is 0.551. The van der Waals surface area contributed by atoms with E-state index < -0.39 is 17.1 Å². The number of aliphatic imine (C=N–C) groups is 1. The molecule has 1 atom stereocenters. The van der Waals surface area contributed by atoms with Crippen molar-refractivity contribution in [2.45, 2.75) is 32.6 Å². The van der Waals surface area contributed by atoms with E-state index in [1.54, 1.807) is 18.2 Å². The predicted octanol–water partition coefficient (Wildman–Crippen LogP) is 2.63. The first kappa shape index (κ1) is 20.9. The third-order valence-electron chi connectivity index (χ3n) is 4.56. The fourth-order valence-electron chi connectivity index (χ4n) is 2.94. The van der Waals surface area contributed by atoms with E-state index in [2.05, 4.69) is 10.3 Å². The lowest BCUT2D eigenvalue weighted by molar-refractivity contribution is -0.385. The zero-order chi connectivity index (χ0) is 20.0. The maximum Gasteiger partial charge on any atom is 0.403 e. The molecule has 0 saturated carbocycles. The molecule has 1 saturated heterocycles. The SMILES string of the molecule is CCNC(=NCc1ccccc1[N+](=O)[O-])N1CCN(C(C)C(F)(F)F)CC1. The maximum atomic E-state index is 12.9. The number of hydrogen-bond acceptors (Lipinski definition) is 4. The minimum absolute atomic E-state index is 0.000852. The summed E-state index contributed by atoms with van der Waals surface area (Å²) in [7, 11) is 0. The molecule has 0 amide bonds. The van der Waals surface area contributed by atoms with E-state index in [9.17, 15) is 23.3 Å². The summed E-state index contributed by atoms with van der Waals surface area (Å²) in [4.78, 5) is 18.4. The molecule has 1 heterocycles. The third-order valence-corrected chi connectivity index (χ3v) is 4.56. The normalized spacial score (nSPS) is 17.7. The second-order valence-electron chi connectivity index (χ2n) is 6.30. The van der Waals surface area contributed by atoms with E-state index in [4.69, 9.17) is 0 Å². The quantitative estimate of drug-likeness (QED) is 0.364. The van der Waals surface area contributed by atoms with Gasteiger partial charge in [-0.25, -0.2) is 4.99 Å². The molecule has 10 heteroatoms. The largest absolute Gasteiger partial charge is 0.403 e. The molecule has 2 rings (SSSR count). The average Bonchev–Trinajstić information content (AvgIpc) is 2.64. The van der Waals surface area contributed by atoms with E-state index in [-0.39, 0.29) is 25.3 Å². The van der Waals surface area contributed by atoms with Crippen molar-refractivity contribution in [3.8, 4) is 0 Å². The van der Waals surface area contributed by atoms with Gasteiger partial charge in [0.15, 0.2) is 5.96 Å². The zero-order valence-electron chi connectivity index (χ0n) is 15.4. The number of nitrogens with zero attached hydrogens (tertiary/aromatic N) is 4. The third kappa shape index (κ3) is 5.56. The number of hydrogen-bond donors (Lipinski definition) is 1. The van der Waals surface area contributed by atoms with Crippen LogP contribution in [0.4, 0.5) is 18.9 Å². The molecule has 1 aliphatic rings. The van der Waals surface area contributed by atoms with Crippen LogP contribution in [-0.4, -0.2) is 65.6 Å². The van der Waals surface area contributed by atoms with Crippen LogP contribution in [0.5, 0.6) is 0 Å². The lowest BCUT2D eigenvalue weighted by atomic mass is 10.2. The molecule has 0 spiro atoms. The number of benzene rings is 1. The number of guanidine groups is 1. The molecule has 1 fully saturated rings. The van der Waals surface area contributed by atoms with E-state index in [1.165, 1.54) is 17.9 Å². The molecular formula is C17H24F3N5O2. The lowest BCUT2D eigenvalue weighted by Crippen LogP contribution is -2.56. The second kappa shape index (κ2) is 9.03. The highest BCUT2D eigenvalue weighted by Gasteiger charge is 2.41. The predicted molar refractivity (Wildman–Crippen MR) is 96.6 cm³/mol. The van der Waals surface area contributed by atoms with Gasteiger partial charge < -0.3 is 10.2 Å². The molecular weight excluding hydrogens is 363 g/mol. The Morgan fingerprint density at radius 2 is 1.93 bits per heavy atom. The van der Waals surface area contributed by atoms with Crippen molar-refractivity contribution in [1.29, 1.82) is 0 Å². The zero-order valence-corrected chi connectivity index (χ0v) is 15.4. The van der Waals surface area contributed by atoms with Crippen molar-refractivity contribution in [3.63, 3.8) is 0 Å². The average molecular weight is 387 g/mol. The van der Waals surface area contributed by atoms with Gasteiger partial charge in [-0.15, -0.1) is 0 Å². The van der Waals surface area contributed by atoms with Crippen molar-refractivity contribution < 1.29 is 18.1 Å². The van der Waals surface area contributed by atoms with Gasteiger partial charge in [0.05, 0.1) is 17.0 Å². The summed E-state index contributed by atoms with van der Waals surface area (Å²) in [6, 6.07) is 4.90. The Morgan fingerprint density at radius 3 is 2.48 bits per heavy atom. The molecule has 1 unspecified atom stereocenters. The van der Waals surface area contributed by atoms with Gasteiger partial charge >= 0.3 is 6.18 Å². The van der Waals surface area contributed by atoms with Crippen LogP contribution in [0.2, 0.25) is 0 Å². The maximum absolute atomic E-state index is 12.9. The minimum Gasteiger partial charge on any atom is -0.357 e. The summed E-state index contributed by atoms with van der Waals surface area (Å²) in [5.41, 5.74) is 0.489. The number of rotatable bonds is 5. The monoisotopic (exact) mass is 387 g/mol. The van der Waals surface area contributed by atoms with Gasteiger partial charge in [-0.2, -0.15) is 13.2 Å². The number of alkyl halides is 3. The van der Waals surface area contributed by atoms with Crippen LogP contribution in [0.25, 0.3) is 0 Å². The number of para-hydroxylation sites is 1. The minimum atomic E-state index is -4.24. The first-order chi connectivity index (χ1) is 12.7. The summed E-state index contributed by atoms with van der Waals surface area (Å²) >= 11 is 0. The van der Waals surface area contributed by atoms with E-state index >= 15 is 0 Å². The number of nitro benzene ring substituents is 1. The fraction of sp³-hybridized carbons (Fsp3) is 0.588. The van der Waals surface area contributed by atoms with Gasteiger partial charge in [0.2, 0.25) is 0 Å². The first-order valence-electron chi connectivity index (χ1n) is 8.80. The Bertz CT molecular complexity index is 673. The van der Waals surface area contributed by atoms with Crippen molar-refractivity contribution in [2.75, 3.05) is 32.7 Å². The molecule has 0 aromatic heterocycles. The molecule has 0 bridgehead atoms. The summed E-state index contributed by atoms with van der Waals surface area (Å²) in [6.07, 6.45) is -4.24. The van der Waals surface area contributed by atoms with Gasteiger partial charge in [0.25, 0.3) is 5.69 Å². The number of piperazine rings is 1. The standard InChI is InChI=1S/C17H24F3N5O2/c1-3-21-16(22-12-14-6-4-5-7-15(14)25(26)27)24-10-8-23(9-11-24)13(2)17(18,19)20/h4-7,13H,3,8-12H2,1-2H3,(H,21,22). The van der Waals surface area contributed by atoms with Gasteiger partial charge in [-0.1, -0.05) is 18.2 Å². The molecule has 1 aliphatic heterocycles. The van der Waals surface area contributed by atoms with Crippen molar-refractivity contribution >= 4 is 11.6 Å². The van der Waals surface area contributed by atoms with Crippen molar-refractivity contribution in [2.24, 2.45) is 4.99 Å².